The third kappa shape index (κ3) is 2.42. The topological polar surface area (TPSA) is 26.5 Å². The van der Waals surface area contributed by atoms with Gasteiger partial charge < -0.3 is 9.40 Å². The number of para-hydroxylation sites is 1. The largest absolute Gasteiger partial charge is 0.399 e. The Bertz CT molecular complexity index is 787. The van der Waals surface area contributed by atoms with Crippen molar-refractivity contribution in [2.75, 3.05) is 7.11 Å². The number of aromatic nitrogens is 1. The fraction of sp³-hybridized carbons (Fsp3) is 0.167. The van der Waals surface area contributed by atoms with Gasteiger partial charge in [-0.3, -0.25) is 0 Å². The van der Waals surface area contributed by atoms with Crippen LogP contribution in [0.2, 0.25) is 0 Å². The van der Waals surface area contributed by atoms with Crippen LogP contribution in [-0.2, 0) is 11.4 Å². The van der Waals surface area contributed by atoms with Gasteiger partial charge in [0.05, 0.1) is 6.21 Å². The van der Waals surface area contributed by atoms with Gasteiger partial charge in [-0.05, 0) is 18.6 Å². The minimum Gasteiger partial charge on any atom is -0.399 e. The molecule has 0 saturated heterocycles. The molecule has 2 aromatic carbocycles. The molecule has 1 aromatic heterocycles. The Kier molecular flexibility index (Phi) is 3.73. The van der Waals surface area contributed by atoms with Crippen molar-refractivity contribution in [3.63, 3.8) is 0 Å². The van der Waals surface area contributed by atoms with Crippen LogP contribution < -0.4 is 0 Å². The monoisotopic (exact) mass is 278 g/mol. The fourth-order valence-electron chi connectivity index (χ4n) is 2.69. The summed E-state index contributed by atoms with van der Waals surface area (Å²) in [4.78, 5) is 4.81. The summed E-state index contributed by atoms with van der Waals surface area (Å²) in [5, 5.41) is 5.17. The van der Waals surface area contributed by atoms with Gasteiger partial charge in [0, 0.05) is 34.8 Å². The Labute approximate surface area is 124 Å². The SMILES string of the molecule is CCn1cc(-c2ccccc2/C=N/OC)c2ccccc21. The second kappa shape index (κ2) is 5.83. The molecule has 0 unspecified atom stereocenters. The number of benzene rings is 2. The summed E-state index contributed by atoms with van der Waals surface area (Å²) in [6, 6.07) is 16.7. The van der Waals surface area contributed by atoms with Gasteiger partial charge in [0.1, 0.15) is 7.11 Å². The van der Waals surface area contributed by atoms with E-state index in [1.165, 1.54) is 22.0 Å². The number of oxime groups is 1. The zero-order valence-electron chi connectivity index (χ0n) is 12.3. The average Bonchev–Trinajstić information content (AvgIpc) is 2.92. The van der Waals surface area contributed by atoms with Crippen molar-refractivity contribution in [3.05, 3.63) is 60.3 Å². The minimum absolute atomic E-state index is 0.953. The lowest BCUT2D eigenvalue weighted by Gasteiger charge is -2.04. The Morgan fingerprint density at radius 3 is 2.62 bits per heavy atom. The lowest BCUT2D eigenvalue weighted by Crippen LogP contribution is -1.90. The standard InChI is InChI=1S/C18H18N2O/c1-3-20-13-17(16-10-6-7-11-18(16)20)15-9-5-4-8-14(15)12-19-21-2/h4-13H,3H2,1-2H3/b19-12+. The first kappa shape index (κ1) is 13.4. The summed E-state index contributed by atoms with van der Waals surface area (Å²) in [7, 11) is 1.56. The Balaban J connectivity index is 2.24. The van der Waals surface area contributed by atoms with Gasteiger partial charge in [-0.1, -0.05) is 47.6 Å². The number of fused-ring (bicyclic) bond motifs is 1. The van der Waals surface area contributed by atoms with Crippen LogP contribution in [0.5, 0.6) is 0 Å². The zero-order valence-corrected chi connectivity index (χ0v) is 12.3. The van der Waals surface area contributed by atoms with E-state index in [2.05, 4.69) is 65.3 Å². The summed E-state index contributed by atoms with van der Waals surface area (Å²) in [5.41, 5.74) is 4.71. The summed E-state index contributed by atoms with van der Waals surface area (Å²) >= 11 is 0. The highest BCUT2D eigenvalue weighted by atomic mass is 16.6. The van der Waals surface area contributed by atoms with Crippen molar-refractivity contribution < 1.29 is 4.84 Å². The van der Waals surface area contributed by atoms with E-state index in [0.717, 1.165) is 12.1 Å². The summed E-state index contributed by atoms with van der Waals surface area (Å²) in [6.45, 7) is 3.11. The van der Waals surface area contributed by atoms with Crippen molar-refractivity contribution in [1.82, 2.24) is 4.57 Å². The molecule has 21 heavy (non-hydrogen) atoms. The van der Waals surface area contributed by atoms with Crippen LogP contribution in [-0.4, -0.2) is 17.9 Å². The van der Waals surface area contributed by atoms with Crippen LogP contribution in [0, 0.1) is 0 Å². The van der Waals surface area contributed by atoms with Crippen LogP contribution >= 0.6 is 0 Å². The lowest BCUT2D eigenvalue weighted by molar-refractivity contribution is 0.215. The molecule has 0 N–H and O–H groups in total. The summed E-state index contributed by atoms with van der Waals surface area (Å²) < 4.78 is 2.27. The summed E-state index contributed by atoms with van der Waals surface area (Å²) in [5.74, 6) is 0. The molecule has 0 bridgehead atoms. The van der Waals surface area contributed by atoms with Gasteiger partial charge in [0.25, 0.3) is 0 Å². The van der Waals surface area contributed by atoms with Crippen molar-refractivity contribution in [2.24, 2.45) is 5.16 Å². The average molecular weight is 278 g/mol. The maximum absolute atomic E-state index is 4.81. The van der Waals surface area contributed by atoms with Crippen molar-refractivity contribution in [3.8, 4) is 11.1 Å². The van der Waals surface area contributed by atoms with Crippen molar-refractivity contribution in [2.45, 2.75) is 13.5 Å². The molecule has 0 aliphatic carbocycles. The highest BCUT2D eigenvalue weighted by molar-refractivity contribution is 6.01. The molecular weight excluding hydrogens is 260 g/mol. The molecule has 0 saturated carbocycles. The molecule has 0 radical (unpaired) electrons. The molecule has 0 amide bonds. The van der Waals surface area contributed by atoms with E-state index in [1.54, 1.807) is 13.3 Å². The van der Waals surface area contributed by atoms with E-state index in [0.29, 0.717) is 0 Å². The molecule has 3 rings (SSSR count). The van der Waals surface area contributed by atoms with Gasteiger partial charge in [-0.25, -0.2) is 0 Å². The van der Waals surface area contributed by atoms with E-state index in [1.807, 2.05) is 6.07 Å². The van der Waals surface area contributed by atoms with E-state index in [-0.39, 0.29) is 0 Å². The van der Waals surface area contributed by atoms with Gasteiger partial charge in [0.2, 0.25) is 0 Å². The van der Waals surface area contributed by atoms with E-state index < -0.39 is 0 Å². The predicted octanol–water partition coefficient (Wildman–Crippen LogP) is 4.31. The maximum atomic E-state index is 4.81. The molecule has 0 fully saturated rings. The number of nitrogens with zero attached hydrogens (tertiary/aromatic N) is 2. The minimum atomic E-state index is 0.953. The van der Waals surface area contributed by atoms with Crippen LogP contribution in [0.25, 0.3) is 22.0 Å². The molecule has 0 spiro atoms. The fourth-order valence-corrected chi connectivity index (χ4v) is 2.69. The quantitative estimate of drug-likeness (QED) is 0.516. The van der Waals surface area contributed by atoms with Crippen LogP contribution in [0.15, 0.2) is 59.9 Å². The molecule has 0 aliphatic rings. The van der Waals surface area contributed by atoms with E-state index in [4.69, 9.17) is 4.84 Å². The lowest BCUT2D eigenvalue weighted by atomic mass is 10.00. The van der Waals surface area contributed by atoms with Crippen molar-refractivity contribution >= 4 is 17.1 Å². The maximum Gasteiger partial charge on any atom is 0.106 e. The molecule has 3 nitrogen and oxygen atoms in total. The molecule has 1 heterocycles. The second-order valence-electron chi connectivity index (χ2n) is 4.85. The number of hydrogen-bond donors (Lipinski definition) is 0. The second-order valence-corrected chi connectivity index (χ2v) is 4.85. The molecule has 3 heteroatoms. The third-order valence-corrected chi connectivity index (χ3v) is 3.68. The number of rotatable bonds is 4. The number of hydrogen-bond acceptors (Lipinski definition) is 2. The van der Waals surface area contributed by atoms with Gasteiger partial charge >= 0.3 is 0 Å². The molecule has 0 aliphatic heterocycles. The van der Waals surface area contributed by atoms with Crippen LogP contribution in [0.1, 0.15) is 12.5 Å². The van der Waals surface area contributed by atoms with Gasteiger partial charge in [0.15, 0.2) is 0 Å². The summed E-state index contributed by atoms with van der Waals surface area (Å²) in [6.07, 6.45) is 3.97. The van der Waals surface area contributed by atoms with Crippen LogP contribution in [0.3, 0.4) is 0 Å². The Hall–Kier alpha value is -2.55. The number of aryl methyl sites for hydroxylation is 1. The molecule has 106 valence electrons. The molecular formula is C18H18N2O. The first-order valence-corrected chi connectivity index (χ1v) is 7.09. The molecule has 3 aromatic rings. The van der Waals surface area contributed by atoms with Gasteiger partial charge in [-0.15, -0.1) is 0 Å². The Morgan fingerprint density at radius 1 is 1.05 bits per heavy atom. The highest BCUT2D eigenvalue weighted by Crippen LogP contribution is 2.32. The highest BCUT2D eigenvalue weighted by Gasteiger charge is 2.11. The normalized spacial score (nSPS) is 11.3. The van der Waals surface area contributed by atoms with Crippen LogP contribution in [0.4, 0.5) is 0 Å². The van der Waals surface area contributed by atoms with E-state index >= 15 is 0 Å². The molecule has 0 atom stereocenters. The van der Waals surface area contributed by atoms with E-state index in [9.17, 15) is 0 Å². The zero-order chi connectivity index (χ0) is 14.7. The Morgan fingerprint density at radius 2 is 1.81 bits per heavy atom. The predicted molar refractivity (Wildman–Crippen MR) is 87.7 cm³/mol. The third-order valence-electron chi connectivity index (χ3n) is 3.68. The van der Waals surface area contributed by atoms with Crippen molar-refractivity contribution in [1.29, 1.82) is 0 Å². The van der Waals surface area contributed by atoms with Gasteiger partial charge in [-0.2, -0.15) is 0 Å². The smallest absolute Gasteiger partial charge is 0.106 e. The first-order valence-electron chi connectivity index (χ1n) is 7.09. The first-order chi connectivity index (χ1) is 10.3.